The van der Waals surface area contributed by atoms with Gasteiger partial charge in [0.15, 0.2) is 0 Å². The van der Waals surface area contributed by atoms with E-state index < -0.39 is 0 Å². The van der Waals surface area contributed by atoms with Crippen molar-refractivity contribution in [3.05, 3.63) is 28.8 Å². The van der Waals surface area contributed by atoms with E-state index in [9.17, 15) is 4.79 Å². The van der Waals surface area contributed by atoms with Gasteiger partial charge in [0.25, 0.3) is 0 Å². The Morgan fingerprint density at radius 2 is 1.94 bits per heavy atom. The van der Waals surface area contributed by atoms with Gasteiger partial charge in [-0.2, -0.15) is 0 Å². The number of anilines is 1. The van der Waals surface area contributed by atoms with E-state index in [4.69, 9.17) is 11.6 Å². The molecule has 1 amide bonds. The van der Waals surface area contributed by atoms with Crippen LogP contribution in [-0.4, -0.2) is 30.4 Å². The lowest BCUT2D eigenvalue weighted by molar-refractivity contribution is -0.117. The van der Waals surface area contributed by atoms with E-state index in [1.54, 1.807) is 6.07 Å². The Balaban J connectivity index is 0.00000289. The van der Waals surface area contributed by atoms with Crippen LogP contribution in [0.3, 0.4) is 0 Å². The summed E-state index contributed by atoms with van der Waals surface area (Å²) in [6, 6.07) is 5.49. The summed E-state index contributed by atoms with van der Waals surface area (Å²) in [5.74, 6) is -0.000864. The third-order valence-corrected chi connectivity index (χ3v) is 2.97. The minimum Gasteiger partial charge on any atom is -0.325 e. The minimum absolute atomic E-state index is 0. The lowest BCUT2D eigenvalue weighted by Gasteiger charge is -2.17. The number of halogens is 2. The summed E-state index contributed by atoms with van der Waals surface area (Å²) in [6.45, 7) is 8.20. The first-order chi connectivity index (χ1) is 8.06. The van der Waals surface area contributed by atoms with E-state index in [1.807, 2.05) is 32.9 Å². The molecule has 0 unspecified atom stereocenters. The summed E-state index contributed by atoms with van der Waals surface area (Å²) < 4.78 is 0. The van der Waals surface area contributed by atoms with Gasteiger partial charge in [-0.15, -0.1) is 12.4 Å². The van der Waals surface area contributed by atoms with E-state index >= 15 is 0 Å². The van der Waals surface area contributed by atoms with Crippen LogP contribution in [0.5, 0.6) is 0 Å². The summed E-state index contributed by atoms with van der Waals surface area (Å²) in [5, 5.41) is 3.52. The fraction of sp³-hybridized carbons (Fsp3) is 0.462. The van der Waals surface area contributed by atoms with Crippen molar-refractivity contribution in [1.82, 2.24) is 4.90 Å². The molecular weight excluding hydrogens is 271 g/mol. The molecule has 0 aliphatic rings. The lowest BCUT2D eigenvalue weighted by atomic mass is 10.2. The fourth-order valence-electron chi connectivity index (χ4n) is 1.57. The number of benzene rings is 1. The number of amides is 1. The van der Waals surface area contributed by atoms with Crippen molar-refractivity contribution >= 4 is 35.6 Å². The molecule has 1 rings (SSSR count). The molecule has 3 nitrogen and oxygen atoms in total. The molecule has 0 aromatic heterocycles. The molecule has 0 atom stereocenters. The quantitative estimate of drug-likeness (QED) is 0.902. The Kier molecular flexibility index (Phi) is 8.00. The van der Waals surface area contributed by atoms with Gasteiger partial charge in [-0.1, -0.05) is 31.5 Å². The second-order valence-corrected chi connectivity index (χ2v) is 4.41. The lowest BCUT2D eigenvalue weighted by Crippen LogP contribution is -2.33. The second-order valence-electron chi connectivity index (χ2n) is 3.97. The maximum absolute atomic E-state index is 11.8. The largest absolute Gasteiger partial charge is 0.325 e. The van der Waals surface area contributed by atoms with Crippen LogP contribution in [0.2, 0.25) is 5.02 Å². The van der Waals surface area contributed by atoms with Crippen LogP contribution < -0.4 is 5.32 Å². The molecule has 0 fully saturated rings. The molecule has 0 aliphatic heterocycles. The standard InChI is InChI=1S/C13H19ClN2O.ClH/c1-4-16(5-2)9-13(17)15-12-8-11(14)7-6-10(12)3;/h6-8H,4-5,9H2,1-3H3,(H,15,17);1H. The van der Waals surface area contributed by atoms with Crippen molar-refractivity contribution in [2.75, 3.05) is 25.0 Å². The smallest absolute Gasteiger partial charge is 0.238 e. The summed E-state index contributed by atoms with van der Waals surface area (Å²) in [5.41, 5.74) is 1.80. The van der Waals surface area contributed by atoms with Gasteiger partial charge in [0.2, 0.25) is 5.91 Å². The van der Waals surface area contributed by atoms with Crippen LogP contribution in [0.4, 0.5) is 5.69 Å². The zero-order chi connectivity index (χ0) is 12.8. The number of carbonyl (C=O) groups excluding carboxylic acids is 1. The van der Waals surface area contributed by atoms with E-state index in [2.05, 4.69) is 10.2 Å². The van der Waals surface area contributed by atoms with Crippen LogP contribution in [0.1, 0.15) is 19.4 Å². The van der Waals surface area contributed by atoms with Crippen LogP contribution in [0, 0.1) is 6.92 Å². The van der Waals surface area contributed by atoms with Gasteiger partial charge in [-0.05, 0) is 37.7 Å². The molecule has 0 spiro atoms. The Bertz CT molecular complexity index is 393. The topological polar surface area (TPSA) is 32.3 Å². The normalized spacial score (nSPS) is 10.1. The van der Waals surface area contributed by atoms with Gasteiger partial charge in [-0.25, -0.2) is 0 Å². The molecule has 0 radical (unpaired) electrons. The van der Waals surface area contributed by atoms with E-state index in [0.29, 0.717) is 11.6 Å². The Morgan fingerprint density at radius 3 is 2.50 bits per heavy atom. The van der Waals surface area contributed by atoms with Gasteiger partial charge in [0.1, 0.15) is 0 Å². The van der Waals surface area contributed by atoms with Crippen LogP contribution in [-0.2, 0) is 4.79 Å². The molecule has 5 heteroatoms. The van der Waals surface area contributed by atoms with Gasteiger partial charge >= 0.3 is 0 Å². The van der Waals surface area contributed by atoms with Crippen molar-refractivity contribution in [1.29, 1.82) is 0 Å². The van der Waals surface area contributed by atoms with Crippen LogP contribution in [0.25, 0.3) is 0 Å². The number of aryl methyl sites for hydroxylation is 1. The average molecular weight is 291 g/mol. The van der Waals surface area contributed by atoms with Crippen molar-refractivity contribution in [3.63, 3.8) is 0 Å². The summed E-state index contributed by atoms with van der Waals surface area (Å²) in [7, 11) is 0. The van der Waals surface area contributed by atoms with E-state index in [1.165, 1.54) is 0 Å². The first-order valence-electron chi connectivity index (χ1n) is 5.85. The maximum Gasteiger partial charge on any atom is 0.238 e. The van der Waals surface area contributed by atoms with Crippen LogP contribution >= 0.6 is 24.0 Å². The summed E-state index contributed by atoms with van der Waals surface area (Å²) in [6.07, 6.45) is 0. The number of nitrogens with zero attached hydrogens (tertiary/aromatic N) is 1. The van der Waals surface area contributed by atoms with Gasteiger partial charge in [0.05, 0.1) is 6.54 Å². The first-order valence-corrected chi connectivity index (χ1v) is 6.23. The zero-order valence-electron chi connectivity index (χ0n) is 11.0. The monoisotopic (exact) mass is 290 g/mol. The Hall–Kier alpha value is -0.770. The molecule has 0 heterocycles. The minimum atomic E-state index is -0.000864. The third-order valence-electron chi connectivity index (χ3n) is 2.74. The highest BCUT2D eigenvalue weighted by Gasteiger charge is 2.08. The Labute approximate surface area is 120 Å². The van der Waals surface area contributed by atoms with Gasteiger partial charge < -0.3 is 5.32 Å². The van der Waals surface area contributed by atoms with Crippen molar-refractivity contribution in [2.45, 2.75) is 20.8 Å². The molecule has 0 saturated heterocycles. The number of hydrogen-bond acceptors (Lipinski definition) is 2. The Morgan fingerprint density at radius 1 is 1.33 bits per heavy atom. The fourth-order valence-corrected chi connectivity index (χ4v) is 1.74. The molecule has 0 aliphatic carbocycles. The van der Waals surface area contributed by atoms with Crippen molar-refractivity contribution < 1.29 is 4.79 Å². The molecule has 1 aromatic rings. The molecular formula is C13H20Cl2N2O. The van der Waals surface area contributed by atoms with Gasteiger partial charge in [0, 0.05) is 10.7 Å². The SMILES string of the molecule is CCN(CC)CC(=O)Nc1cc(Cl)ccc1C.Cl. The molecule has 102 valence electrons. The van der Waals surface area contributed by atoms with Crippen LogP contribution in [0.15, 0.2) is 18.2 Å². The highest BCUT2D eigenvalue weighted by atomic mass is 35.5. The second kappa shape index (κ2) is 8.35. The number of hydrogen-bond donors (Lipinski definition) is 1. The zero-order valence-corrected chi connectivity index (χ0v) is 12.6. The summed E-state index contributed by atoms with van der Waals surface area (Å²) >= 11 is 5.90. The number of carbonyl (C=O) groups is 1. The summed E-state index contributed by atoms with van der Waals surface area (Å²) in [4.78, 5) is 13.9. The van der Waals surface area contributed by atoms with Gasteiger partial charge in [-0.3, -0.25) is 9.69 Å². The van der Waals surface area contributed by atoms with Crippen molar-refractivity contribution in [2.24, 2.45) is 0 Å². The third kappa shape index (κ3) is 5.25. The predicted octanol–water partition coefficient (Wildman–Crippen LogP) is 3.35. The predicted molar refractivity (Wildman–Crippen MR) is 79.9 cm³/mol. The molecule has 0 bridgehead atoms. The molecule has 1 aromatic carbocycles. The van der Waals surface area contributed by atoms with E-state index in [0.717, 1.165) is 24.3 Å². The molecule has 18 heavy (non-hydrogen) atoms. The molecule has 0 saturated carbocycles. The molecule has 1 N–H and O–H groups in total. The number of rotatable bonds is 5. The highest BCUT2D eigenvalue weighted by Crippen LogP contribution is 2.19. The average Bonchev–Trinajstić information content (AvgIpc) is 2.31. The van der Waals surface area contributed by atoms with Crippen molar-refractivity contribution in [3.8, 4) is 0 Å². The number of nitrogens with one attached hydrogen (secondary N) is 1. The van der Waals surface area contributed by atoms with E-state index in [-0.39, 0.29) is 18.3 Å². The highest BCUT2D eigenvalue weighted by molar-refractivity contribution is 6.31. The first kappa shape index (κ1) is 17.2. The number of likely N-dealkylation sites (N-methyl/N-ethyl adjacent to an activating group) is 1. The maximum atomic E-state index is 11.8.